The average molecular weight is 222 g/mol. The fraction of sp³-hybridized carbons (Fsp3) is 0.0714. The van der Waals surface area contributed by atoms with Crippen LogP contribution in [0.25, 0.3) is 11.1 Å². The van der Waals surface area contributed by atoms with Crippen LogP contribution in [0.5, 0.6) is 0 Å². The number of hydrogen-bond acceptors (Lipinski definition) is 3. The standard InChI is InChI=1S/C14H10N2O/c15-9-12-2-1-3-14(8-12)13-6-4-11(5-7-13)10-16-17/h1-8H,10H2. The molecule has 0 aliphatic carbocycles. The first-order valence-electron chi connectivity index (χ1n) is 5.22. The van der Waals surface area contributed by atoms with Crippen LogP contribution in [0.1, 0.15) is 11.1 Å². The summed E-state index contributed by atoms with van der Waals surface area (Å²) in [4.78, 5) is 10.1. The molecule has 0 aromatic heterocycles. The van der Waals surface area contributed by atoms with Crippen molar-refractivity contribution in [3.05, 3.63) is 64.6 Å². The molecular formula is C14H10N2O. The Balaban J connectivity index is 2.33. The van der Waals surface area contributed by atoms with Gasteiger partial charge < -0.3 is 0 Å². The molecule has 3 heteroatoms. The molecule has 0 amide bonds. The maximum absolute atomic E-state index is 10.1. The molecule has 0 radical (unpaired) electrons. The van der Waals surface area contributed by atoms with Crippen LogP contribution < -0.4 is 0 Å². The van der Waals surface area contributed by atoms with Crippen LogP contribution >= 0.6 is 0 Å². The van der Waals surface area contributed by atoms with Crippen molar-refractivity contribution in [1.29, 1.82) is 5.26 Å². The van der Waals surface area contributed by atoms with Gasteiger partial charge in [-0.1, -0.05) is 41.6 Å². The number of benzene rings is 2. The van der Waals surface area contributed by atoms with Gasteiger partial charge in [-0.25, -0.2) is 0 Å². The number of nitriles is 1. The summed E-state index contributed by atoms with van der Waals surface area (Å²) in [6.07, 6.45) is 0. The largest absolute Gasteiger partial charge is 0.192 e. The van der Waals surface area contributed by atoms with Crippen molar-refractivity contribution in [3.63, 3.8) is 0 Å². The normalized spacial score (nSPS) is 9.59. The second-order valence-electron chi connectivity index (χ2n) is 3.68. The summed E-state index contributed by atoms with van der Waals surface area (Å²) in [7, 11) is 0. The molecule has 2 aromatic carbocycles. The van der Waals surface area contributed by atoms with E-state index in [9.17, 15) is 4.91 Å². The van der Waals surface area contributed by atoms with E-state index in [0.29, 0.717) is 5.56 Å². The highest BCUT2D eigenvalue weighted by Gasteiger charge is 1.99. The van der Waals surface area contributed by atoms with Gasteiger partial charge in [-0.2, -0.15) is 10.2 Å². The Labute approximate surface area is 99.3 Å². The van der Waals surface area contributed by atoms with Gasteiger partial charge in [0.25, 0.3) is 0 Å². The van der Waals surface area contributed by atoms with Crippen molar-refractivity contribution in [3.8, 4) is 17.2 Å². The Bertz CT molecular complexity index is 568. The van der Waals surface area contributed by atoms with E-state index in [1.54, 1.807) is 6.07 Å². The minimum Gasteiger partial charge on any atom is -0.192 e. The second-order valence-corrected chi connectivity index (χ2v) is 3.68. The summed E-state index contributed by atoms with van der Waals surface area (Å²) in [5, 5.41) is 11.7. The first-order valence-corrected chi connectivity index (χ1v) is 5.22. The zero-order valence-corrected chi connectivity index (χ0v) is 9.13. The lowest BCUT2D eigenvalue weighted by molar-refractivity contribution is 1.06. The minimum atomic E-state index is 0.193. The van der Waals surface area contributed by atoms with E-state index in [1.165, 1.54) is 0 Å². The summed E-state index contributed by atoms with van der Waals surface area (Å²) in [6.45, 7) is 0.193. The van der Waals surface area contributed by atoms with Crippen LogP contribution in [-0.2, 0) is 6.54 Å². The van der Waals surface area contributed by atoms with E-state index in [0.717, 1.165) is 16.7 Å². The Morgan fingerprint density at radius 3 is 2.47 bits per heavy atom. The molecule has 0 saturated carbocycles. The van der Waals surface area contributed by atoms with Crippen molar-refractivity contribution in [2.24, 2.45) is 5.18 Å². The van der Waals surface area contributed by atoms with Crippen LogP contribution in [-0.4, -0.2) is 0 Å². The molecular weight excluding hydrogens is 212 g/mol. The fourth-order valence-electron chi connectivity index (χ4n) is 1.65. The fourth-order valence-corrected chi connectivity index (χ4v) is 1.65. The lowest BCUT2D eigenvalue weighted by atomic mass is 10.0. The highest BCUT2D eigenvalue weighted by molar-refractivity contribution is 5.65. The molecule has 0 heterocycles. The maximum atomic E-state index is 10.1. The molecule has 17 heavy (non-hydrogen) atoms. The van der Waals surface area contributed by atoms with E-state index in [2.05, 4.69) is 11.2 Å². The molecule has 0 fully saturated rings. The highest BCUT2D eigenvalue weighted by atomic mass is 16.3. The number of hydrogen-bond donors (Lipinski definition) is 0. The zero-order chi connectivity index (χ0) is 12.1. The summed E-state index contributed by atoms with van der Waals surface area (Å²) >= 11 is 0. The van der Waals surface area contributed by atoms with E-state index in [4.69, 9.17) is 5.26 Å². The van der Waals surface area contributed by atoms with Gasteiger partial charge in [0, 0.05) is 0 Å². The van der Waals surface area contributed by atoms with E-state index in [-0.39, 0.29) is 6.54 Å². The molecule has 0 aliphatic rings. The van der Waals surface area contributed by atoms with E-state index < -0.39 is 0 Å². The number of rotatable bonds is 3. The Morgan fingerprint density at radius 2 is 1.82 bits per heavy atom. The molecule has 0 N–H and O–H groups in total. The molecule has 0 saturated heterocycles. The molecule has 82 valence electrons. The summed E-state index contributed by atoms with van der Waals surface area (Å²) < 4.78 is 0. The van der Waals surface area contributed by atoms with Crippen molar-refractivity contribution >= 4 is 0 Å². The van der Waals surface area contributed by atoms with Crippen LogP contribution in [0.3, 0.4) is 0 Å². The molecule has 2 rings (SSSR count). The van der Waals surface area contributed by atoms with Crippen LogP contribution in [0, 0.1) is 16.2 Å². The Kier molecular flexibility index (Phi) is 3.27. The van der Waals surface area contributed by atoms with Gasteiger partial charge in [-0.05, 0) is 28.8 Å². The third-order valence-electron chi connectivity index (χ3n) is 2.53. The van der Waals surface area contributed by atoms with Gasteiger partial charge >= 0.3 is 0 Å². The minimum absolute atomic E-state index is 0.193. The summed E-state index contributed by atoms with van der Waals surface area (Å²) in [5.74, 6) is 0. The van der Waals surface area contributed by atoms with E-state index >= 15 is 0 Å². The zero-order valence-electron chi connectivity index (χ0n) is 9.13. The number of nitrogens with zero attached hydrogens (tertiary/aromatic N) is 2. The third-order valence-corrected chi connectivity index (χ3v) is 2.53. The molecule has 0 spiro atoms. The SMILES string of the molecule is N#Cc1cccc(-c2ccc(CN=O)cc2)c1. The Morgan fingerprint density at radius 1 is 1.06 bits per heavy atom. The Hall–Kier alpha value is -2.47. The predicted molar refractivity (Wildman–Crippen MR) is 66.1 cm³/mol. The molecule has 0 unspecified atom stereocenters. The van der Waals surface area contributed by atoms with Gasteiger partial charge in [0.15, 0.2) is 0 Å². The van der Waals surface area contributed by atoms with Crippen molar-refractivity contribution in [2.75, 3.05) is 0 Å². The smallest absolute Gasteiger partial charge is 0.106 e. The quantitative estimate of drug-likeness (QED) is 0.746. The third kappa shape index (κ3) is 2.56. The highest BCUT2D eigenvalue weighted by Crippen LogP contribution is 2.20. The van der Waals surface area contributed by atoms with Crippen molar-refractivity contribution in [1.82, 2.24) is 0 Å². The molecule has 3 nitrogen and oxygen atoms in total. The lowest BCUT2D eigenvalue weighted by Gasteiger charge is -2.02. The van der Waals surface area contributed by atoms with Gasteiger partial charge in [0.05, 0.1) is 11.6 Å². The van der Waals surface area contributed by atoms with Crippen LogP contribution in [0.2, 0.25) is 0 Å². The van der Waals surface area contributed by atoms with Gasteiger partial charge in [-0.15, -0.1) is 0 Å². The maximum Gasteiger partial charge on any atom is 0.106 e. The molecule has 2 aromatic rings. The molecule has 0 atom stereocenters. The summed E-state index contributed by atoms with van der Waals surface area (Å²) in [6, 6.07) is 17.1. The monoisotopic (exact) mass is 222 g/mol. The second kappa shape index (κ2) is 5.04. The predicted octanol–water partition coefficient (Wildman–Crippen LogP) is 3.49. The van der Waals surface area contributed by atoms with Crippen LogP contribution in [0.4, 0.5) is 0 Å². The van der Waals surface area contributed by atoms with Gasteiger partial charge in [0.1, 0.15) is 6.54 Å². The van der Waals surface area contributed by atoms with Crippen LogP contribution in [0.15, 0.2) is 53.7 Å². The topological polar surface area (TPSA) is 53.2 Å². The molecule has 0 bridgehead atoms. The molecule has 0 aliphatic heterocycles. The lowest BCUT2D eigenvalue weighted by Crippen LogP contribution is -1.83. The van der Waals surface area contributed by atoms with Gasteiger partial charge in [0.2, 0.25) is 0 Å². The average Bonchev–Trinajstić information content (AvgIpc) is 2.40. The first kappa shape index (κ1) is 11.0. The first-order chi connectivity index (χ1) is 8.33. The number of nitroso groups, excluding NO2 is 1. The summed E-state index contributed by atoms with van der Waals surface area (Å²) in [5.41, 5.74) is 3.55. The van der Waals surface area contributed by atoms with Crippen molar-refractivity contribution in [2.45, 2.75) is 6.54 Å². The van der Waals surface area contributed by atoms with Crippen molar-refractivity contribution < 1.29 is 0 Å². The van der Waals surface area contributed by atoms with Gasteiger partial charge in [-0.3, -0.25) is 0 Å². The van der Waals surface area contributed by atoms with E-state index in [1.807, 2.05) is 42.5 Å².